The number of rotatable bonds is 5. The highest BCUT2D eigenvalue weighted by Crippen LogP contribution is 2.42. The van der Waals surface area contributed by atoms with Crippen molar-refractivity contribution in [3.63, 3.8) is 0 Å². The van der Waals surface area contributed by atoms with Crippen LogP contribution >= 0.6 is 0 Å². The van der Waals surface area contributed by atoms with Crippen LogP contribution in [-0.2, 0) is 0 Å². The summed E-state index contributed by atoms with van der Waals surface area (Å²) in [5.41, 5.74) is 1.26. The van der Waals surface area contributed by atoms with Crippen molar-refractivity contribution >= 4 is 0 Å². The normalized spacial score (nSPS) is 23.5. The quantitative estimate of drug-likeness (QED) is 0.732. The summed E-state index contributed by atoms with van der Waals surface area (Å²) < 4.78 is 13.1. The van der Waals surface area contributed by atoms with Crippen molar-refractivity contribution in [2.75, 3.05) is 0 Å². The van der Waals surface area contributed by atoms with E-state index in [-0.39, 0.29) is 5.82 Å². The molecule has 2 heteroatoms. The molecule has 1 unspecified atom stereocenters. The molecule has 0 heterocycles. The number of benzene rings is 1. The molecule has 3 rings (SSSR count). The lowest BCUT2D eigenvalue weighted by atomic mass is 9.91. The average Bonchev–Trinajstić information content (AvgIpc) is 3.32. The molecule has 0 amide bonds. The highest BCUT2D eigenvalue weighted by molar-refractivity contribution is 5.22. The Morgan fingerprint density at radius 2 is 1.52 bits per heavy atom. The molecule has 2 aliphatic rings. The molecule has 0 bridgehead atoms. The van der Waals surface area contributed by atoms with Gasteiger partial charge in [0.05, 0.1) is 0 Å². The first-order valence-electron chi connectivity index (χ1n) is 8.75. The van der Waals surface area contributed by atoms with Crippen molar-refractivity contribution in [1.29, 1.82) is 0 Å². The number of hydrogen-bond donors (Lipinski definition) is 1. The van der Waals surface area contributed by atoms with Gasteiger partial charge in [0.1, 0.15) is 5.82 Å². The van der Waals surface area contributed by atoms with Gasteiger partial charge in [-0.15, -0.1) is 0 Å². The van der Waals surface area contributed by atoms with Crippen molar-refractivity contribution in [3.8, 4) is 0 Å². The summed E-state index contributed by atoms with van der Waals surface area (Å²) in [4.78, 5) is 0. The second-order valence-electron chi connectivity index (χ2n) is 7.07. The molecule has 21 heavy (non-hydrogen) atoms. The summed E-state index contributed by atoms with van der Waals surface area (Å²) in [6, 6.07) is 8.12. The summed E-state index contributed by atoms with van der Waals surface area (Å²) in [6.07, 6.45) is 11.0. The lowest BCUT2D eigenvalue weighted by Crippen LogP contribution is -2.37. The van der Waals surface area contributed by atoms with E-state index in [1.807, 2.05) is 12.1 Å². The van der Waals surface area contributed by atoms with Gasteiger partial charge in [-0.25, -0.2) is 4.39 Å². The van der Waals surface area contributed by atoms with Crippen LogP contribution in [0.15, 0.2) is 24.3 Å². The van der Waals surface area contributed by atoms with Gasteiger partial charge < -0.3 is 5.32 Å². The van der Waals surface area contributed by atoms with E-state index in [2.05, 4.69) is 12.2 Å². The van der Waals surface area contributed by atoms with Gasteiger partial charge in [0.2, 0.25) is 0 Å². The van der Waals surface area contributed by atoms with Crippen LogP contribution in [0.2, 0.25) is 0 Å². The number of halogens is 1. The molecule has 0 aromatic heterocycles. The number of hydrogen-bond acceptors (Lipinski definition) is 1. The molecule has 2 saturated carbocycles. The maximum atomic E-state index is 13.1. The third-order valence-electron chi connectivity index (χ3n) is 5.37. The first-order chi connectivity index (χ1) is 10.2. The van der Waals surface area contributed by atoms with Gasteiger partial charge in [0.15, 0.2) is 0 Å². The summed E-state index contributed by atoms with van der Waals surface area (Å²) in [7, 11) is 0. The topological polar surface area (TPSA) is 12.0 Å². The molecule has 0 aliphatic heterocycles. The minimum atomic E-state index is -0.134. The fourth-order valence-corrected chi connectivity index (χ4v) is 3.83. The highest BCUT2D eigenvalue weighted by Gasteiger charge is 2.34. The summed E-state index contributed by atoms with van der Waals surface area (Å²) >= 11 is 0. The molecule has 116 valence electrons. The minimum Gasteiger partial charge on any atom is -0.307 e. The fourth-order valence-electron chi connectivity index (χ4n) is 3.83. The molecule has 1 N–H and O–H groups in total. The molecule has 2 fully saturated rings. The minimum absolute atomic E-state index is 0.134. The van der Waals surface area contributed by atoms with E-state index in [1.165, 1.54) is 56.9 Å². The third kappa shape index (κ3) is 4.06. The predicted octanol–water partition coefficient (Wildman–Crippen LogP) is 5.23. The Kier molecular flexibility index (Phi) is 4.95. The predicted molar refractivity (Wildman–Crippen MR) is 85.7 cm³/mol. The molecule has 0 radical (unpaired) electrons. The molecule has 2 atom stereocenters. The zero-order valence-electron chi connectivity index (χ0n) is 13.2. The van der Waals surface area contributed by atoms with Gasteiger partial charge in [-0.2, -0.15) is 0 Å². The molecule has 1 nitrogen and oxygen atoms in total. The molecule has 0 spiro atoms. The van der Waals surface area contributed by atoms with E-state index in [0.717, 1.165) is 11.8 Å². The van der Waals surface area contributed by atoms with Crippen LogP contribution in [0.5, 0.6) is 0 Å². The van der Waals surface area contributed by atoms with Crippen molar-refractivity contribution in [2.45, 2.75) is 70.4 Å². The van der Waals surface area contributed by atoms with E-state index < -0.39 is 0 Å². The largest absolute Gasteiger partial charge is 0.307 e. The summed E-state index contributed by atoms with van der Waals surface area (Å²) in [5, 5.41) is 3.89. The van der Waals surface area contributed by atoms with Gasteiger partial charge in [0.25, 0.3) is 0 Å². The summed E-state index contributed by atoms with van der Waals surface area (Å²) in [6.45, 7) is 2.36. The Morgan fingerprint density at radius 3 is 2.10 bits per heavy atom. The van der Waals surface area contributed by atoms with Crippen LogP contribution in [0.1, 0.15) is 69.9 Å². The Morgan fingerprint density at radius 1 is 0.905 bits per heavy atom. The van der Waals surface area contributed by atoms with Crippen molar-refractivity contribution in [1.82, 2.24) is 5.32 Å². The Bertz CT molecular complexity index is 429. The molecular weight excluding hydrogens is 261 g/mol. The maximum Gasteiger partial charge on any atom is 0.123 e. The first kappa shape index (κ1) is 15.0. The van der Waals surface area contributed by atoms with Gasteiger partial charge in [-0.3, -0.25) is 0 Å². The Hall–Kier alpha value is -0.890. The van der Waals surface area contributed by atoms with E-state index in [4.69, 9.17) is 0 Å². The highest BCUT2D eigenvalue weighted by atomic mass is 19.1. The monoisotopic (exact) mass is 289 g/mol. The van der Waals surface area contributed by atoms with Gasteiger partial charge in [0, 0.05) is 12.1 Å². The molecule has 1 aromatic carbocycles. The Balaban J connectivity index is 1.65. The zero-order valence-corrected chi connectivity index (χ0v) is 13.2. The van der Waals surface area contributed by atoms with Gasteiger partial charge in [-0.05, 0) is 62.1 Å². The lowest BCUT2D eigenvalue weighted by molar-refractivity contribution is 0.297. The zero-order chi connectivity index (χ0) is 14.7. The van der Waals surface area contributed by atoms with Crippen molar-refractivity contribution < 1.29 is 4.39 Å². The summed E-state index contributed by atoms with van der Waals surface area (Å²) in [5.74, 6) is 1.43. The molecule has 0 saturated heterocycles. The smallest absolute Gasteiger partial charge is 0.123 e. The second-order valence-corrected chi connectivity index (χ2v) is 7.07. The first-order valence-corrected chi connectivity index (χ1v) is 8.75. The van der Waals surface area contributed by atoms with Crippen molar-refractivity contribution in [3.05, 3.63) is 35.6 Å². The Labute approximate surface area is 128 Å². The average molecular weight is 289 g/mol. The van der Waals surface area contributed by atoms with Crippen LogP contribution in [0, 0.1) is 17.7 Å². The van der Waals surface area contributed by atoms with E-state index in [9.17, 15) is 4.39 Å². The van der Waals surface area contributed by atoms with Crippen LogP contribution in [0.3, 0.4) is 0 Å². The van der Waals surface area contributed by atoms with Crippen LogP contribution < -0.4 is 5.32 Å². The van der Waals surface area contributed by atoms with Crippen LogP contribution in [0.4, 0.5) is 4.39 Å². The third-order valence-corrected chi connectivity index (χ3v) is 5.37. The SMILES string of the molecule is C[C@H](NC(c1ccc(F)cc1)C1CC1)C1CCCCCC1. The van der Waals surface area contributed by atoms with Crippen LogP contribution in [0.25, 0.3) is 0 Å². The molecule has 1 aromatic rings. The van der Waals surface area contributed by atoms with E-state index >= 15 is 0 Å². The second kappa shape index (κ2) is 6.91. The van der Waals surface area contributed by atoms with E-state index in [1.54, 1.807) is 12.1 Å². The lowest BCUT2D eigenvalue weighted by Gasteiger charge is -2.29. The fraction of sp³-hybridized carbons (Fsp3) is 0.684. The molecular formula is C19H28FN. The molecule has 2 aliphatic carbocycles. The maximum absolute atomic E-state index is 13.1. The van der Waals surface area contributed by atoms with Crippen molar-refractivity contribution in [2.24, 2.45) is 11.8 Å². The van der Waals surface area contributed by atoms with Gasteiger partial charge in [-0.1, -0.05) is 37.8 Å². The number of nitrogens with one attached hydrogen (secondary N) is 1. The van der Waals surface area contributed by atoms with Gasteiger partial charge >= 0.3 is 0 Å². The van der Waals surface area contributed by atoms with Crippen LogP contribution in [-0.4, -0.2) is 6.04 Å². The van der Waals surface area contributed by atoms with E-state index in [0.29, 0.717) is 12.1 Å². The standard InChI is InChI=1S/C19H28FN/c1-14(15-6-4-2-3-5-7-15)21-19(16-8-9-16)17-10-12-18(20)13-11-17/h10-16,19,21H,2-9H2,1H3/t14-,19?/m0/s1.